The highest BCUT2D eigenvalue weighted by molar-refractivity contribution is 6.11. The van der Waals surface area contributed by atoms with Crippen molar-refractivity contribution in [1.82, 2.24) is 4.98 Å². The van der Waals surface area contributed by atoms with Crippen LogP contribution in [0.5, 0.6) is 11.5 Å². The molecule has 2 aromatic carbocycles. The summed E-state index contributed by atoms with van der Waals surface area (Å²) in [4.78, 5) is 16.8. The first-order chi connectivity index (χ1) is 10.8. The molecular weight excluding hydrogens is 280 g/mol. The number of fused-ring (bicyclic) bond motifs is 2. The van der Waals surface area contributed by atoms with E-state index in [-0.39, 0.29) is 12.7 Å². The van der Waals surface area contributed by atoms with Gasteiger partial charge in [-0.05, 0) is 24.3 Å². The van der Waals surface area contributed by atoms with Gasteiger partial charge in [0.1, 0.15) is 0 Å². The van der Waals surface area contributed by atoms with Crippen LogP contribution in [-0.2, 0) is 0 Å². The average Bonchev–Trinajstić information content (AvgIpc) is 3.02. The minimum absolute atomic E-state index is 0.205. The first-order valence-electron chi connectivity index (χ1n) is 6.86. The van der Waals surface area contributed by atoms with Crippen molar-refractivity contribution in [3.63, 3.8) is 0 Å². The van der Waals surface area contributed by atoms with Gasteiger partial charge in [-0.25, -0.2) is 0 Å². The van der Waals surface area contributed by atoms with Gasteiger partial charge < -0.3 is 14.8 Å². The Kier molecular flexibility index (Phi) is 2.89. The van der Waals surface area contributed by atoms with Crippen LogP contribution in [0.1, 0.15) is 10.4 Å². The second-order valence-electron chi connectivity index (χ2n) is 4.90. The van der Waals surface area contributed by atoms with Crippen molar-refractivity contribution in [1.29, 1.82) is 0 Å². The Morgan fingerprint density at radius 3 is 2.86 bits per heavy atom. The van der Waals surface area contributed by atoms with Crippen LogP contribution in [0.4, 0.5) is 5.69 Å². The second-order valence-corrected chi connectivity index (χ2v) is 4.90. The summed E-state index contributed by atoms with van der Waals surface area (Å²) in [5.74, 6) is 1.11. The van der Waals surface area contributed by atoms with Crippen LogP contribution in [0.3, 0.4) is 0 Å². The first-order valence-corrected chi connectivity index (χ1v) is 6.86. The average molecular weight is 292 g/mol. The Morgan fingerprint density at radius 2 is 1.91 bits per heavy atom. The summed E-state index contributed by atoms with van der Waals surface area (Å²) in [5, 5.41) is 3.80. The van der Waals surface area contributed by atoms with Gasteiger partial charge in [0, 0.05) is 23.3 Å². The van der Waals surface area contributed by atoms with Crippen LogP contribution < -0.4 is 14.8 Å². The lowest BCUT2D eigenvalue weighted by Gasteiger charge is -2.08. The van der Waals surface area contributed by atoms with E-state index in [1.54, 1.807) is 30.5 Å². The lowest BCUT2D eigenvalue weighted by molar-refractivity contribution is 0.102. The fourth-order valence-electron chi connectivity index (χ4n) is 2.46. The Bertz CT molecular complexity index is 871. The minimum Gasteiger partial charge on any atom is -0.454 e. The smallest absolute Gasteiger partial charge is 0.257 e. The van der Waals surface area contributed by atoms with Crippen LogP contribution in [-0.4, -0.2) is 17.7 Å². The highest BCUT2D eigenvalue weighted by Gasteiger charge is 2.15. The number of rotatable bonds is 2. The third-order valence-corrected chi connectivity index (χ3v) is 3.51. The Balaban J connectivity index is 1.66. The van der Waals surface area contributed by atoms with E-state index in [0.29, 0.717) is 28.3 Å². The molecule has 2 heterocycles. The molecule has 108 valence electrons. The molecule has 0 bridgehead atoms. The number of nitrogens with one attached hydrogen (secondary N) is 1. The number of aromatic nitrogens is 1. The molecule has 0 radical (unpaired) electrons. The van der Waals surface area contributed by atoms with Gasteiger partial charge in [-0.15, -0.1) is 0 Å². The Hall–Kier alpha value is -3.08. The fraction of sp³-hybridized carbons (Fsp3) is 0.0588. The van der Waals surface area contributed by atoms with Gasteiger partial charge in [0.2, 0.25) is 6.79 Å². The molecule has 0 saturated heterocycles. The van der Waals surface area contributed by atoms with Crippen LogP contribution in [0.2, 0.25) is 0 Å². The van der Waals surface area contributed by atoms with E-state index in [2.05, 4.69) is 10.3 Å². The van der Waals surface area contributed by atoms with E-state index in [0.717, 1.165) is 5.39 Å². The molecule has 1 aliphatic rings. The molecule has 1 N–H and O–H groups in total. The monoisotopic (exact) mass is 292 g/mol. The van der Waals surface area contributed by atoms with Crippen molar-refractivity contribution in [2.45, 2.75) is 0 Å². The van der Waals surface area contributed by atoms with Crippen molar-refractivity contribution in [3.05, 3.63) is 60.3 Å². The van der Waals surface area contributed by atoms with Crippen molar-refractivity contribution < 1.29 is 14.3 Å². The molecule has 4 rings (SSSR count). The molecule has 1 aromatic heterocycles. The number of pyridine rings is 1. The molecule has 5 nitrogen and oxygen atoms in total. The molecule has 0 fully saturated rings. The standard InChI is InChI=1S/C17H12N2O3/c20-17(13-5-1-3-11-4-2-8-18-16(11)13)19-12-6-7-14-15(9-12)22-10-21-14/h1-9H,10H2,(H,19,20). The number of ether oxygens (including phenoxy) is 2. The molecule has 1 amide bonds. The molecule has 5 heteroatoms. The first kappa shape index (κ1) is 12.6. The molecule has 1 aliphatic heterocycles. The number of anilines is 1. The van der Waals surface area contributed by atoms with Gasteiger partial charge in [-0.3, -0.25) is 9.78 Å². The summed E-state index contributed by atoms with van der Waals surface area (Å²) in [7, 11) is 0. The van der Waals surface area contributed by atoms with Crippen molar-refractivity contribution in [3.8, 4) is 11.5 Å². The molecule has 0 aliphatic carbocycles. The maximum Gasteiger partial charge on any atom is 0.257 e. The SMILES string of the molecule is O=C(Nc1ccc2c(c1)OCO2)c1cccc2cccnc12. The normalized spacial score (nSPS) is 12.4. The van der Waals surface area contributed by atoms with E-state index in [4.69, 9.17) is 9.47 Å². The van der Waals surface area contributed by atoms with E-state index < -0.39 is 0 Å². The Morgan fingerprint density at radius 1 is 1.05 bits per heavy atom. The lowest BCUT2D eigenvalue weighted by atomic mass is 10.1. The quantitative estimate of drug-likeness (QED) is 0.788. The summed E-state index contributed by atoms with van der Waals surface area (Å²) in [5.41, 5.74) is 1.88. The highest BCUT2D eigenvalue weighted by Crippen LogP contribution is 2.34. The maximum atomic E-state index is 12.5. The summed E-state index contributed by atoms with van der Waals surface area (Å²) in [6.45, 7) is 0.208. The van der Waals surface area contributed by atoms with E-state index in [1.165, 1.54) is 0 Å². The molecular formula is C17H12N2O3. The topological polar surface area (TPSA) is 60.5 Å². The van der Waals surface area contributed by atoms with E-state index >= 15 is 0 Å². The van der Waals surface area contributed by atoms with Crippen molar-refractivity contribution >= 4 is 22.5 Å². The molecule has 0 atom stereocenters. The fourth-order valence-corrected chi connectivity index (χ4v) is 2.46. The van der Waals surface area contributed by atoms with Crippen LogP contribution in [0, 0.1) is 0 Å². The summed E-state index contributed by atoms with van der Waals surface area (Å²) in [6, 6.07) is 14.6. The van der Waals surface area contributed by atoms with Crippen molar-refractivity contribution in [2.24, 2.45) is 0 Å². The largest absolute Gasteiger partial charge is 0.454 e. The third-order valence-electron chi connectivity index (χ3n) is 3.51. The van der Waals surface area contributed by atoms with Crippen LogP contribution in [0.25, 0.3) is 10.9 Å². The van der Waals surface area contributed by atoms with Crippen LogP contribution >= 0.6 is 0 Å². The second kappa shape index (κ2) is 5.04. The number of amides is 1. The van der Waals surface area contributed by atoms with Crippen LogP contribution in [0.15, 0.2) is 54.7 Å². The molecule has 22 heavy (non-hydrogen) atoms. The number of carbonyl (C=O) groups is 1. The van der Waals surface area contributed by atoms with Crippen molar-refractivity contribution in [2.75, 3.05) is 12.1 Å². The zero-order chi connectivity index (χ0) is 14.9. The number of carbonyl (C=O) groups excluding carboxylic acids is 1. The summed E-state index contributed by atoms with van der Waals surface area (Å²) >= 11 is 0. The highest BCUT2D eigenvalue weighted by atomic mass is 16.7. The van der Waals surface area contributed by atoms with E-state index in [1.807, 2.05) is 24.3 Å². The number of hydrogen-bond donors (Lipinski definition) is 1. The van der Waals surface area contributed by atoms with Gasteiger partial charge in [-0.1, -0.05) is 18.2 Å². The zero-order valence-electron chi connectivity index (χ0n) is 11.6. The minimum atomic E-state index is -0.205. The number of benzene rings is 2. The zero-order valence-corrected chi connectivity index (χ0v) is 11.6. The van der Waals surface area contributed by atoms with Gasteiger partial charge in [-0.2, -0.15) is 0 Å². The number of nitrogens with zero attached hydrogens (tertiary/aromatic N) is 1. The maximum absolute atomic E-state index is 12.5. The van der Waals surface area contributed by atoms with Gasteiger partial charge in [0.25, 0.3) is 5.91 Å². The molecule has 0 spiro atoms. The predicted octanol–water partition coefficient (Wildman–Crippen LogP) is 3.22. The summed E-state index contributed by atoms with van der Waals surface area (Å²) < 4.78 is 10.6. The Labute approximate surface area is 126 Å². The molecule has 0 saturated carbocycles. The predicted molar refractivity (Wildman–Crippen MR) is 82.3 cm³/mol. The lowest BCUT2D eigenvalue weighted by Crippen LogP contribution is -2.12. The van der Waals surface area contributed by atoms with Gasteiger partial charge >= 0.3 is 0 Å². The molecule has 3 aromatic rings. The third kappa shape index (κ3) is 2.13. The summed E-state index contributed by atoms with van der Waals surface area (Å²) in [6.07, 6.45) is 1.68. The van der Waals surface area contributed by atoms with Gasteiger partial charge in [0.15, 0.2) is 11.5 Å². The number of para-hydroxylation sites is 1. The number of hydrogen-bond acceptors (Lipinski definition) is 4. The van der Waals surface area contributed by atoms with E-state index in [9.17, 15) is 4.79 Å². The molecule has 0 unspecified atom stereocenters. The van der Waals surface area contributed by atoms with Gasteiger partial charge in [0.05, 0.1) is 11.1 Å².